The van der Waals surface area contributed by atoms with Crippen molar-refractivity contribution in [1.29, 1.82) is 0 Å². The van der Waals surface area contributed by atoms with Gasteiger partial charge in [0.25, 0.3) is 0 Å². The molecule has 0 saturated carbocycles. The van der Waals surface area contributed by atoms with Gasteiger partial charge < -0.3 is 9.47 Å². The summed E-state index contributed by atoms with van der Waals surface area (Å²) in [5.41, 5.74) is 2.53. The minimum atomic E-state index is -0.570. The number of ether oxygens (including phenoxy) is 2. The van der Waals surface area contributed by atoms with E-state index in [0.29, 0.717) is 11.3 Å². The zero-order valence-corrected chi connectivity index (χ0v) is 14.8. The third-order valence-corrected chi connectivity index (χ3v) is 4.14. The van der Waals surface area contributed by atoms with Crippen LogP contribution in [0.3, 0.4) is 0 Å². The fourth-order valence-corrected chi connectivity index (χ4v) is 2.73. The number of esters is 1. The largest absolute Gasteiger partial charge is 0.482 e. The molecule has 0 aliphatic heterocycles. The van der Waals surface area contributed by atoms with Crippen LogP contribution in [0.15, 0.2) is 60.7 Å². The predicted octanol–water partition coefficient (Wildman–Crippen LogP) is 4.26. The average molecular weight is 348 g/mol. The molecule has 0 radical (unpaired) electrons. The zero-order chi connectivity index (χ0) is 18.5. The summed E-state index contributed by atoms with van der Waals surface area (Å²) in [4.78, 5) is 24.3. The van der Waals surface area contributed by atoms with Gasteiger partial charge in [-0.1, -0.05) is 54.6 Å². The number of carbonyl (C=O) groups excluding carboxylic acids is 2. The van der Waals surface area contributed by atoms with Crippen LogP contribution in [-0.4, -0.2) is 25.0 Å². The van der Waals surface area contributed by atoms with Crippen LogP contribution < -0.4 is 4.74 Å². The SMILES string of the molecule is Cc1ccc(C)c(OCC(=O)OCC(=O)c2cccc3ccccc23)c1. The molecule has 0 amide bonds. The van der Waals surface area contributed by atoms with E-state index in [2.05, 4.69) is 0 Å². The number of carbonyl (C=O) groups is 2. The van der Waals surface area contributed by atoms with Crippen LogP contribution in [0.5, 0.6) is 5.75 Å². The molecule has 0 aliphatic rings. The number of rotatable bonds is 6. The van der Waals surface area contributed by atoms with E-state index in [1.54, 1.807) is 6.07 Å². The lowest BCUT2D eigenvalue weighted by Crippen LogP contribution is -2.20. The maximum atomic E-state index is 12.4. The van der Waals surface area contributed by atoms with Crippen LogP contribution in [-0.2, 0) is 9.53 Å². The van der Waals surface area contributed by atoms with Crippen molar-refractivity contribution in [2.24, 2.45) is 0 Å². The van der Waals surface area contributed by atoms with Crippen molar-refractivity contribution in [2.75, 3.05) is 13.2 Å². The van der Waals surface area contributed by atoms with Crippen molar-refractivity contribution in [3.8, 4) is 5.75 Å². The second-order valence-corrected chi connectivity index (χ2v) is 6.17. The fraction of sp³-hybridized carbons (Fsp3) is 0.182. The first kappa shape index (κ1) is 17.7. The van der Waals surface area contributed by atoms with E-state index in [4.69, 9.17) is 9.47 Å². The molecule has 0 aliphatic carbocycles. The topological polar surface area (TPSA) is 52.6 Å². The Balaban J connectivity index is 1.59. The number of benzene rings is 3. The summed E-state index contributed by atoms with van der Waals surface area (Å²) < 4.78 is 10.6. The van der Waals surface area contributed by atoms with Gasteiger partial charge in [-0.2, -0.15) is 0 Å². The van der Waals surface area contributed by atoms with Gasteiger partial charge in [0.15, 0.2) is 13.2 Å². The summed E-state index contributed by atoms with van der Waals surface area (Å²) in [5.74, 6) is -0.163. The summed E-state index contributed by atoms with van der Waals surface area (Å²) in [6, 6.07) is 18.9. The van der Waals surface area contributed by atoms with Crippen molar-refractivity contribution in [2.45, 2.75) is 13.8 Å². The van der Waals surface area contributed by atoms with Gasteiger partial charge in [0.1, 0.15) is 5.75 Å². The quantitative estimate of drug-likeness (QED) is 0.493. The molecule has 26 heavy (non-hydrogen) atoms. The molecule has 0 atom stereocenters. The molecule has 0 spiro atoms. The molecular formula is C22H20O4. The highest BCUT2D eigenvalue weighted by Crippen LogP contribution is 2.20. The maximum absolute atomic E-state index is 12.4. The Bertz CT molecular complexity index is 954. The van der Waals surface area contributed by atoms with Crippen LogP contribution >= 0.6 is 0 Å². The van der Waals surface area contributed by atoms with E-state index in [-0.39, 0.29) is 19.0 Å². The van der Waals surface area contributed by atoms with E-state index in [0.717, 1.165) is 21.9 Å². The molecule has 4 heteroatoms. The van der Waals surface area contributed by atoms with Crippen molar-refractivity contribution in [3.63, 3.8) is 0 Å². The summed E-state index contributed by atoms with van der Waals surface area (Å²) in [7, 11) is 0. The Morgan fingerprint density at radius 2 is 1.65 bits per heavy atom. The number of aryl methyl sites for hydroxylation is 2. The van der Waals surface area contributed by atoms with Crippen LogP contribution in [0.25, 0.3) is 10.8 Å². The Hall–Kier alpha value is -3.14. The van der Waals surface area contributed by atoms with Crippen LogP contribution in [0.4, 0.5) is 0 Å². The van der Waals surface area contributed by atoms with Gasteiger partial charge in [0, 0.05) is 5.56 Å². The molecule has 0 aromatic heterocycles. The first-order chi connectivity index (χ1) is 12.5. The van der Waals surface area contributed by atoms with E-state index >= 15 is 0 Å². The minimum absolute atomic E-state index is 0.229. The molecule has 0 saturated heterocycles. The lowest BCUT2D eigenvalue weighted by atomic mass is 10.0. The molecule has 0 N–H and O–H groups in total. The van der Waals surface area contributed by atoms with Gasteiger partial charge in [-0.25, -0.2) is 4.79 Å². The Kier molecular flexibility index (Phi) is 5.32. The number of fused-ring (bicyclic) bond motifs is 1. The van der Waals surface area contributed by atoms with Crippen LogP contribution in [0.2, 0.25) is 0 Å². The van der Waals surface area contributed by atoms with Gasteiger partial charge in [-0.05, 0) is 41.8 Å². The molecule has 132 valence electrons. The Morgan fingerprint density at radius 1 is 0.885 bits per heavy atom. The van der Waals surface area contributed by atoms with Gasteiger partial charge in [0.2, 0.25) is 5.78 Å². The predicted molar refractivity (Wildman–Crippen MR) is 101 cm³/mol. The molecule has 0 fully saturated rings. The van der Waals surface area contributed by atoms with E-state index in [9.17, 15) is 9.59 Å². The monoisotopic (exact) mass is 348 g/mol. The molecule has 3 rings (SSSR count). The fourth-order valence-electron chi connectivity index (χ4n) is 2.73. The second kappa shape index (κ2) is 7.83. The summed E-state index contributed by atoms with van der Waals surface area (Å²) >= 11 is 0. The number of Topliss-reactive ketones (excluding diaryl/α,β-unsaturated/α-hetero) is 1. The van der Waals surface area contributed by atoms with Crippen molar-refractivity contribution < 1.29 is 19.1 Å². The summed E-state index contributed by atoms with van der Waals surface area (Å²) in [6.45, 7) is 3.33. The lowest BCUT2D eigenvalue weighted by molar-refractivity contribution is -0.144. The lowest BCUT2D eigenvalue weighted by Gasteiger charge is -2.10. The highest BCUT2D eigenvalue weighted by molar-refractivity contribution is 6.09. The standard InChI is InChI=1S/C22H20O4/c1-15-10-11-16(2)21(12-15)25-14-22(24)26-13-20(23)19-9-5-7-17-6-3-4-8-18(17)19/h3-12H,13-14H2,1-2H3. The Labute approximate surface area is 152 Å². The molecule has 0 unspecified atom stereocenters. The third kappa shape index (κ3) is 4.09. The minimum Gasteiger partial charge on any atom is -0.482 e. The Morgan fingerprint density at radius 3 is 2.50 bits per heavy atom. The summed E-state index contributed by atoms with van der Waals surface area (Å²) in [5, 5.41) is 1.82. The molecule has 4 nitrogen and oxygen atoms in total. The van der Waals surface area contributed by atoms with Gasteiger partial charge in [-0.3, -0.25) is 4.79 Å². The molecule has 3 aromatic rings. The smallest absolute Gasteiger partial charge is 0.344 e. The second-order valence-electron chi connectivity index (χ2n) is 6.17. The number of hydrogen-bond donors (Lipinski definition) is 0. The van der Waals surface area contributed by atoms with Gasteiger partial charge in [-0.15, -0.1) is 0 Å². The van der Waals surface area contributed by atoms with Gasteiger partial charge in [0.05, 0.1) is 0 Å². The molecular weight excluding hydrogens is 328 g/mol. The van der Waals surface area contributed by atoms with Crippen molar-refractivity contribution in [1.82, 2.24) is 0 Å². The first-order valence-electron chi connectivity index (χ1n) is 8.41. The van der Waals surface area contributed by atoms with E-state index in [1.165, 1.54) is 0 Å². The van der Waals surface area contributed by atoms with Crippen molar-refractivity contribution in [3.05, 3.63) is 77.4 Å². The molecule has 3 aromatic carbocycles. The van der Waals surface area contributed by atoms with Crippen LogP contribution in [0.1, 0.15) is 21.5 Å². The first-order valence-corrected chi connectivity index (χ1v) is 8.41. The normalized spacial score (nSPS) is 10.5. The maximum Gasteiger partial charge on any atom is 0.344 e. The highest BCUT2D eigenvalue weighted by atomic mass is 16.6. The molecule has 0 bridgehead atoms. The zero-order valence-electron chi connectivity index (χ0n) is 14.8. The summed E-state index contributed by atoms with van der Waals surface area (Å²) in [6.07, 6.45) is 0. The van der Waals surface area contributed by atoms with E-state index < -0.39 is 5.97 Å². The van der Waals surface area contributed by atoms with Crippen molar-refractivity contribution >= 4 is 22.5 Å². The molecule has 0 heterocycles. The van der Waals surface area contributed by atoms with Crippen LogP contribution in [0, 0.1) is 13.8 Å². The number of hydrogen-bond acceptors (Lipinski definition) is 4. The average Bonchev–Trinajstić information content (AvgIpc) is 2.66. The number of ketones is 1. The van der Waals surface area contributed by atoms with Gasteiger partial charge >= 0.3 is 5.97 Å². The van der Waals surface area contributed by atoms with E-state index in [1.807, 2.05) is 68.4 Å². The third-order valence-electron chi connectivity index (χ3n) is 4.14. The highest BCUT2D eigenvalue weighted by Gasteiger charge is 2.13.